The molecule has 168 valence electrons. The van der Waals surface area contributed by atoms with E-state index in [9.17, 15) is 5.11 Å². The number of carboxylic acid groups (broad SMARTS) is 2. The number of carboxylic acids is 2. The van der Waals surface area contributed by atoms with Crippen LogP contribution in [0.1, 0.15) is 51.9 Å². The van der Waals surface area contributed by atoms with E-state index in [4.69, 9.17) is 30.4 Å². The summed E-state index contributed by atoms with van der Waals surface area (Å²) in [7, 11) is 4.25. The van der Waals surface area contributed by atoms with Crippen molar-refractivity contribution in [3.8, 4) is 0 Å². The van der Waals surface area contributed by atoms with Gasteiger partial charge in [0.25, 0.3) is 0 Å². The van der Waals surface area contributed by atoms with Crippen LogP contribution in [-0.2, 0) is 14.4 Å². The second kappa shape index (κ2) is 11.5. The Labute approximate surface area is 172 Å². The SMILES string of the molecule is CN(C)CCC[C@H]1CC[C@]2(C)[C@@H](C=NOCCN)CC[C@]2(O)C1.O=C(O)C(=O)O. The fourth-order valence-electron chi connectivity index (χ4n) is 4.58. The first-order chi connectivity index (χ1) is 13.6. The maximum atomic E-state index is 11.3. The van der Waals surface area contributed by atoms with Crippen LogP contribution in [0.2, 0.25) is 0 Å². The summed E-state index contributed by atoms with van der Waals surface area (Å²) >= 11 is 0. The molecular formula is C20H37N3O6. The third-order valence-corrected chi connectivity index (χ3v) is 6.37. The molecule has 0 aromatic rings. The lowest BCUT2D eigenvalue weighted by Crippen LogP contribution is -2.50. The van der Waals surface area contributed by atoms with Crippen LogP contribution in [0.4, 0.5) is 0 Å². The van der Waals surface area contributed by atoms with Gasteiger partial charge in [0.15, 0.2) is 0 Å². The molecule has 2 aliphatic carbocycles. The topological polar surface area (TPSA) is 146 Å². The van der Waals surface area contributed by atoms with E-state index in [0.717, 1.165) is 32.2 Å². The van der Waals surface area contributed by atoms with Gasteiger partial charge in [0, 0.05) is 24.1 Å². The summed E-state index contributed by atoms with van der Waals surface area (Å²) in [6, 6.07) is 0. The van der Waals surface area contributed by atoms with Crippen LogP contribution < -0.4 is 5.73 Å². The highest BCUT2D eigenvalue weighted by molar-refractivity contribution is 6.27. The second-order valence-electron chi connectivity index (χ2n) is 8.64. The molecule has 0 aliphatic heterocycles. The van der Waals surface area contributed by atoms with Crippen LogP contribution in [0.5, 0.6) is 0 Å². The van der Waals surface area contributed by atoms with Crippen LogP contribution in [0, 0.1) is 17.3 Å². The van der Waals surface area contributed by atoms with Gasteiger partial charge in [0.2, 0.25) is 0 Å². The number of hydrogen-bond donors (Lipinski definition) is 4. The lowest BCUT2D eigenvalue weighted by Gasteiger charge is -2.48. The number of carbonyl (C=O) groups is 2. The van der Waals surface area contributed by atoms with Crippen molar-refractivity contribution in [2.75, 3.05) is 33.8 Å². The van der Waals surface area contributed by atoms with E-state index in [2.05, 4.69) is 31.1 Å². The number of hydrogen-bond acceptors (Lipinski definition) is 7. The third kappa shape index (κ3) is 7.24. The van der Waals surface area contributed by atoms with E-state index in [-0.39, 0.29) is 5.41 Å². The van der Waals surface area contributed by atoms with Crippen molar-refractivity contribution in [3.05, 3.63) is 0 Å². The average molecular weight is 416 g/mol. The lowest BCUT2D eigenvalue weighted by molar-refractivity contribution is -0.159. The van der Waals surface area contributed by atoms with Crippen molar-refractivity contribution in [2.24, 2.45) is 28.1 Å². The number of aliphatic carboxylic acids is 2. The van der Waals surface area contributed by atoms with Gasteiger partial charge in [0.05, 0.1) is 5.60 Å². The Kier molecular flexibility index (Phi) is 10.0. The molecule has 2 rings (SSSR count). The van der Waals surface area contributed by atoms with Crippen LogP contribution >= 0.6 is 0 Å². The number of fused-ring (bicyclic) bond motifs is 1. The fraction of sp³-hybridized carbons (Fsp3) is 0.850. The zero-order valence-corrected chi connectivity index (χ0v) is 17.8. The summed E-state index contributed by atoms with van der Waals surface area (Å²) in [5.41, 5.74) is 4.82. The molecular weight excluding hydrogens is 378 g/mol. The van der Waals surface area contributed by atoms with E-state index in [1.807, 2.05) is 6.21 Å². The summed E-state index contributed by atoms with van der Waals surface area (Å²) in [6.45, 7) is 4.33. The smallest absolute Gasteiger partial charge is 0.414 e. The maximum Gasteiger partial charge on any atom is 0.414 e. The number of oxime groups is 1. The highest BCUT2D eigenvalue weighted by Crippen LogP contribution is 2.59. The Morgan fingerprint density at radius 2 is 1.90 bits per heavy atom. The minimum Gasteiger partial charge on any atom is -0.473 e. The number of aliphatic hydroxyl groups is 1. The molecule has 2 saturated carbocycles. The van der Waals surface area contributed by atoms with Gasteiger partial charge in [-0.25, -0.2) is 9.59 Å². The first-order valence-corrected chi connectivity index (χ1v) is 10.2. The Hall–Kier alpha value is -1.71. The quantitative estimate of drug-likeness (QED) is 0.201. The van der Waals surface area contributed by atoms with Gasteiger partial charge >= 0.3 is 11.9 Å². The van der Waals surface area contributed by atoms with Gasteiger partial charge in [-0.3, -0.25) is 0 Å². The zero-order valence-electron chi connectivity index (χ0n) is 17.8. The predicted molar refractivity (Wildman–Crippen MR) is 110 cm³/mol. The lowest BCUT2D eigenvalue weighted by atomic mass is 9.60. The predicted octanol–water partition coefficient (Wildman–Crippen LogP) is 1.39. The average Bonchev–Trinajstić information content (AvgIpc) is 2.90. The molecule has 2 fully saturated rings. The van der Waals surface area contributed by atoms with E-state index < -0.39 is 17.5 Å². The van der Waals surface area contributed by atoms with Crippen molar-refractivity contribution in [1.29, 1.82) is 0 Å². The fourth-order valence-corrected chi connectivity index (χ4v) is 4.58. The zero-order chi connectivity index (χ0) is 22.1. The molecule has 0 unspecified atom stereocenters. The van der Waals surface area contributed by atoms with Gasteiger partial charge in [-0.05, 0) is 71.5 Å². The van der Waals surface area contributed by atoms with Crippen LogP contribution in [-0.4, -0.2) is 77.8 Å². The number of nitrogens with two attached hydrogens (primary N) is 1. The number of nitrogens with zero attached hydrogens (tertiary/aromatic N) is 2. The molecule has 0 radical (unpaired) electrons. The van der Waals surface area contributed by atoms with Gasteiger partial charge in [-0.15, -0.1) is 0 Å². The van der Waals surface area contributed by atoms with Crippen molar-refractivity contribution < 1.29 is 29.7 Å². The Morgan fingerprint density at radius 1 is 1.24 bits per heavy atom. The summed E-state index contributed by atoms with van der Waals surface area (Å²) in [6.07, 6.45) is 9.53. The summed E-state index contributed by atoms with van der Waals surface area (Å²) < 4.78 is 0. The highest BCUT2D eigenvalue weighted by atomic mass is 16.6. The van der Waals surface area contributed by atoms with Crippen molar-refractivity contribution >= 4 is 18.2 Å². The van der Waals surface area contributed by atoms with E-state index in [1.165, 1.54) is 19.3 Å². The molecule has 4 atom stereocenters. The van der Waals surface area contributed by atoms with Gasteiger partial charge < -0.3 is 30.8 Å². The van der Waals surface area contributed by atoms with Gasteiger partial charge in [-0.1, -0.05) is 12.1 Å². The molecule has 0 saturated heterocycles. The van der Waals surface area contributed by atoms with Crippen molar-refractivity contribution in [3.63, 3.8) is 0 Å². The van der Waals surface area contributed by atoms with E-state index >= 15 is 0 Å². The first-order valence-electron chi connectivity index (χ1n) is 10.2. The molecule has 29 heavy (non-hydrogen) atoms. The molecule has 0 spiro atoms. The largest absolute Gasteiger partial charge is 0.473 e. The van der Waals surface area contributed by atoms with Crippen molar-refractivity contribution in [1.82, 2.24) is 4.90 Å². The molecule has 0 amide bonds. The minimum absolute atomic E-state index is 0.0549. The summed E-state index contributed by atoms with van der Waals surface area (Å²) in [4.78, 5) is 25.6. The molecule has 0 heterocycles. The molecule has 5 N–H and O–H groups in total. The molecule has 0 aromatic carbocycles. The first kappa shape index (κ1) is 25.3. The van der Waals surface area contributed by atoms with Crippen molar-refractivity contribution in [2.45, 2.75) is 57.5 Å². The van der Waals surface area contributed by atoms with E-state index in [1.54, 1.807) is 0 Å². The summed E-state index contributed by atoms with van der Waals surface area (Å²) in [5, 5.41) is 30.1. The molecule has 9 nitrogen and oxygen atoms in total. The standard InChI is InChI=1S/C18H35N3O2.C2H2O4/c1-17-8-6-15(5-4-11-21(2)3)13-18(17,22)9-7-16(17)14-20-23-12-10-19;3-1(4)2(5)6/h14-16,22H,4-13,19H2,1-3H3;(H,3,4)(H,5,6)/t15-,16+,17+,18-;/m0./s1. The van der Waals surface area contributed by atoms with Gasteiger partial charge in [-0.2, -0.15) is 0 Å². The molecule has 0 aromatic heterocycles. The summed E-state index contributed by atoms with van der Waals surface area (Å²) in [5.74, 6) is -2.67. The molecule has 9 heteroatoms. The Bertz CT molecular complexity index is 558. The molecule has 2 aliphatic rings. The van der Waals surface area contributed by atoms with Crippen LogP contribution in [0.25, 0.3) is 0 Å². The maximum absolute atomic E-state index is 11.3. The number of rotatable bonds is 8. The molecule has 0 bridgehead atoms. The second-order valence-corrected chi connectivity index (χ2v) is 8.64. The Balaban J connectivity index is 0.000000612. The third-order valence-electron chi connectivity index (χ3n) is 6.37. The normalized spacial score (nSPS) is 31.2. The van der Waals surface area contributed by atoms with E-state index in [0.29, 0.717) is 25.0 Å². The highest BCUT2D eigenvalue weighted by Gasteiger charge is 2.58. The Morgan fingerprint density at radius 3 is 2.45 bits per heavy atom. The van der Waals surface area contributed by atoms with Gasteiger partial charge in [0.1, 0.15) is 6.61 Å². The van der Waals surface area contributed by atoms with Crippen LogP contribution in [0.15, 0.2) is 5.16 Å². The van der Waals surface area contributed by atoms with Crippen LogP contribution in [0.3, 0.4) is 0 Å². The minimum atomic E-state index is -1.82. The monoisotopic (exact) mass is 415 g/mol.